The number of carbonyl (C=O) groups is 1. The van der Waals surface area contributed by atoms with Gasteiger partial charge in [0.1, 0.15) is 5.75 Å². The maximum absolute atomic E-state index is 12.5. The number of carbonyl (C=O) groups excluding carboxylic acids is 1. The van der Waals surface area contributed by atoms with Crippen molar-refractivity contribution in [2.45, 2.75) is 32.2 Å². The zero-order valence-corrected chi connectivity index (χ0v) is 14.9. The number of hydrogen-bond donors (Lipinski definition) is 3. The molecule has 1 aliphatic rings. The summed E-state index contributed by atoms with van der Waals surface area (Å²) < 4.78 is 5.00. The van der Waals surface area contributed by atoms with Crippen LogP contribution in [0, 0.1) is 6.92 Å². The van der Waals surface area contributed by atoms with Crippen LogP contribution in [0.5, 0.6) is 5.75 Å². The highest BCUT2D eigenvalue weighted by Gasteiger charge is 2.23. The second-order valence-corrected chi connectivity index (χ2v) is 6.61. The Kier molecular flexibility index (Phi) is 4.50. The number of benzene rings is 2. The molecule has 1 atom stereocenters. The van der Waals surface area contributed by atoms with Gasteiger partial charge < -0.3 is 20.3 Å². The maximum Gasteiger partial charge on any atom is 0.319 e. The third kappa shape index (κ3) is 3.62. The quantitative estimate of drug-likeness (QED) is 0.653. The number of hydrogen-bond acceptors (Lipinski definition) is 5. The van der Waals surface area contributed by atoms with Crippen LogP contribution in [-0.4, -0.2) is 21.3 Å². The molecule has 138 valence electrons. The molecule has 0 radical (unpaired) electrons. The fraction of sp³-hybridized carbons (Fsp3) is 0.250. The summed E-state index contributed by atoms with van der Waals surface area (Å²) in [6, 6.07) is 12.3. The van der Waals surface area contributed by atoms with Gasteiger partial charge in [-0.05, 0) is 48.6 Å². The minimum atomic E-state index is -0.294. The topological polar surface area (TPSA) is 100 Å². The standard InChI is InChI=1S/C20H20N4O3/c1-12-21-19(24-27-12)13-5-2-6-14(11-13)22-20(26)23-17-9-3-8-16-15(17)7-4-10-18(16)25/h2,4-7,10-11,17,25H,3,8-9H2,1H3,(H2,22,23,26). The van der Waals surface area contributed by atoms with Crippen molar-refractivity contribution in [2.24, 2.45) is 0 Å². The number of anilines is 1. The van der Waals surface area contributed by atoms with E-state index in [1.54, 1.807) is 25.1 Å². The first kappa shape index (κ1) is 17.1. The Hall–Kier alpha value is -3.35. The van der Waals surface area contributed by atoms with Gasteiger partial charge in [-0.1, -0.05) is 29.4 Å². The minimum absolute atomic E-state index is 0.121. The normalized spacial score (nSPS) is 15.8. The Morgan fingerprint density at radius 1 is 1.26 bits per heavy atom. The van der Waals surface area contributed by atoms with Crippen molar-refractivity contribution in [1.29, 1.82) is 0 Å². The molecule has 0 spiro atoms. The van der Waals surface area contributed by atoms with Gasteiger partial charge in [-0.3, -0.25) is 0 Å². The Morgan fingerprint density at radius 3 is 2.93 bits per heavy atom. The van der Waals surface area contributed by atoms with Crippen LogP contribution in [0.15, 0.2) is 47.0 Å². The van der Waals surface area contributed by atoms with Crippen LogP contribution in [-0.2, 0) is 6.42 Å². The van der Waals surface area contributed by atoms with E-state index in [4.69, 9.17) is 4.52 Å². The third-order valence-corrected chi connectivity index (χ3v) is 4.69. The highest BCUT2D eigenvalue weighted by atomic mass is 16.5. The molecular weight excluding hydrogens is 344 g/mol. The summed E-state index contributed by atoms with van der Waals surface area (Å²) in [5, 5.41) is 19.8. The molecule has 1 unspecified atom stereocenters. The van der Waals surface area contributed by atoms with Gasteiger partial charge in [-0.15, -0.1) is 0 Å². The largest absolute Gasteiger partial charge is 0.508 e. The number of aryl methyl sites for hydroxylation is 1. The average molecular weight is 364 g/mol. The predicted molar refractivity (Wildman–Crippen MR) is 100 cm³/mol. The number of rotatable bonds is 3. The van der Waals surface area contributed by atoms with E-state index >= 15 is 0 Å². The van der Waals surface area contributed by atoms with Gasteiger partial charge in [0, 0.05) is 18.2 Å². The highest BCUT2D eigenvalue weighted by molar-refractivity contribution is 5.90. The summed E-state index contributed by atoms with van der Waals surface area (Å²) >= 11 is 0. The Morgan fingerprint density at radius 2 is 2.11 bits per heavy atom. The molecule has 1 aromatic heterocycles. The molecule has 3 N–H and O–H groups in total. The van der Waals surface area contributed by atoms with Crippen LogP contribution in [0.2, 0.25) is 0 Å². The lowest BCUT2D eigenvalue weighted by atomic mass is 9.87. The van der Waals surface area contributed by atoms with Gasteiger partial charge in [0.15, 0.2) is 0 Å². The lowest BCUT2D eigenvalue weighted by Gasteiger charge is -2.27. The van der Waals surface area contributed by atoms with Crippen molar-refractivity contribution in [3.05, 3.63) is 59.5 Å². The van der Waals surface area contributed by atoms with Crippen molar-refractivity contribution in [1.82, 2.24) is 15.5 Å². The monoisotopic (exact) mass is 364 g/mol. The minimum Gasteiger partial charge on any atom is -0.508 e. The molecule has 0 saturated carbocycles. The number of aromatic nitrogens is 2. The van der Waals surface area contributed by atoms with Crippen LogP contribution in [0.25, 0.3) is 11.4 Å². The van der Waals surface area contributed by atoms with E-state index in [9.17, 15) is 9.90 Å². The molecule has 3 aromatic rings. The van der Waals surface area contributed by atoms with Gasteiger partial charge in [0.25, 0.3) is 0 Å². The number of urea groups is 1. The summed E-state index contributed by atoms with van der Waals surface area (Å²) in [6.07, 6.45) is 2.59. The number of nitrogens with zero attached hydrogens (tertiary/aromatic N) is 2. The molecule has 1 aliphatic carbocycles. The van der Waals surface area contributed by atoms with Crippen molar-refractivity contribution >= 4 is 11.7 Å². The molecule has 27 heavy (non-hydrogen) atoms. The van der Waals surface area contributed by atoms with Gasteiger partial charge in [0.05, 0.1) is 6.04 Å². The zero-order chi connectivity index (χ0) is 18.8. The molecule has 4 rings (SSSR count). The molecule has 0 saturated heterocycles. The second kappa shape index (κ2) is 7.11. The van der Waals surface area contributed by atoms with E-state index in [-0.39, 0.29) is 12.1 Å². The van der Waals surface area contributed by atoms with Crippen LogP contribution in [0.3, 0.4) is 0 Å². The smallest absolute Gasteiger partial charge is 0.319 e. The van der Waals surface area contributed by atoms with Crippen LogP contribution in [0.4, 0.5) is 10.5 Å². The summed E-state index contributed by atoms with van der Waals surface area (Å²) in [5.41, 5.74) is 3.30. The van der Waals surface area contributed by atoms with Crippen LogP contribution < -0.4 is 10.6 Å². The van der Waals surface area contributed by atoms with Crippen LogP contribution >= 0.6 is 0 Å². The predicted octanol–water partition coefficient (Wildman–Crippen LogP) is 3.95. The number of amides is 2. The van der Waals surface area contributed by atoms with E-state index in [1.165, 1.54) is 0 Å². The van der Waals surface area contributed by atoms with E-state index in [0.717, 1.165) is 36.0 Å². The Bertz CT molecular complexity index is 983. The molecule has 1 heterocycles. The Balaban J connectivity index is 1.47. The Labute approximate surface area is 156 Å². The second-order valence-electron chi connectivity index (χ2n) is 6.61. The zero-order valence-electron chi connectivity index (χ0n) is 14.9. The first-order valence-electron chi connectivity index (χ1n) is 8.89. The maximum atomic E-state index is 12.5. The molecule has 2 aromatic carbocycles. The van der Waals surface area contributed by atoms with Gasteiger partial charge in [-0.25, -0.2) is 4.79 Å². The number of aromatic hydroxyl groups is 1. The van der Waals surface area contributed by atoms with Crippen LogP contribution in [0.1, 0.15) is 35.9 Å². The fourth-order valence-electron chi connectivity index (χ4n) is 3.46. The highest BCUT2D eigenvalue weighted by Crippen LogP contribution is 2.34. The van der Waals surface area contributed by atoms with E-state index in [0.29, 0.717) is 23.2 Å². The lowest BCUT2D eigenvalue weighted by molar-refractivity contribution is 0.247. The molecular formula is C20H20N4O3. The lowest BCUT2D eigenvalue weighted by Crippen LogP contribution is -2.34. The third-order valence-electron chi connectivity index (χ3n) is 4.69. The van der Waals surface area contributed by atoms with Crippen molar-refractivity contribution in [2.75, 3.05) is 5.32 Å². The van der Waals surface area contributed by atoms with E-state index < -0.39 is 0 Å². The number of phenolic OH excluding ortho intramolecular Hbond substituents is 1. The summed E-state index contributed by atoms with van der Waals surface area (Å²) in [4.78, 5) is 16.7. The van der Waals surface area contributed by atoms with Gasteiger partial charge >= 0.3 is 6.03 Å². The van der Waals surface area contributed by atoms with Gasteiger partial charge in [0.2, 0.25) is 11.7 Å². The fourth-order valence-corrected chi connectivity index (χ4v) is 3.46. The SMILES string of the molecule is Cc1nc(-c2cccc(NC(=O)NC3CCCc4c(O)cccc43)c2)no1. The first-order valence-corrected chi connectivity index (χ1v) is 8.89. The molecule has 2 amide bonds. The molecule has 0 aliphatic heterocycles. The summed E-state index contributed by atoms with van der Waals surface area (Å²) in [5.74, 6) is 1.26. The summed E-state index contributed by atoms with van der Waals surface area (Å²) in [6.45, 7) is 1.73. The molecule has 7 heteroatoms. The molecule has 7 nitrogen and oxygen atoms in total. The average Bonchev–Trinajstić information content (AvgIpc) is 3.09. The van der Waals surface area contributed by atoms with Crippen molar-refractivity contribution in [3.63, 3.8) is 0 Å². The van der Waals surface area contributed by atoms with E-state index in [2.05, 4.69) is 20.8 Å². The van der Waals surface area contributed by atoms with Gasteiger partial charge in [-0.2, -0.15) is 4.98 Å². The number of phenols is 1. The molecule has 0 fully saturated rings. The number of nitrogens with one attached hydrogen (secondary N) is 2. The first-order chi connectivity index (χ1) is 13.1. The molecule has 0 bridgehead atoms. The van der Waals surface area contributed by atoms with Crippen molar-refractivity contribution < 1.29 is 14.4 Å². The number of fused-ring (bicyclic) bond motifs is 1. The van der Waals surface area contributed by atoms with E-state index in [1.807, 2.05) is 24.3 Å². The van der Waals surface area contributed by atoms with Crippen molar-refractivity contribution in [3.8, 4) is 17.1 Å². The summed E-state index contributed by atoms with van der Waals surface area (Å²) in [7, 11) is 0.